The Kier molecular flexibility index (Phi) is 8.24. The molecule has 0 atom stereocenters. The summed E-state index contributed by atoms with van der Waals surface area (Å²) in [4.78, 5) is 12.9. The third kappa shape index (κ3) is 5.38. The third-order valence-corrected chi connectivity index (χ3v) is 7.00. The molecular formula is C30H37NO5. The van der Waals surface area contributed by atoms with Gasteiger partial charge in [0.05, 0.1) is 27.1 Å². The molecule has 36 heavy (non-hydrogen) atoms. The van der Waals surface area contributed by atoms with E-state index in [9.17, 15) is 4.79 Å². The Morgan fingerprint density at radius 2 is 1.81 bits per heavy atom. The molecule has 1 aromatic heterocycles. The van der Waals surface area contributed by atoms with E-state index >= 15 is 0 Å². The molecule has 1 fully saturated rings. The van der Waals surface area contributed by atoms with E-state index in [1.807, 2.05) is 39.0 Å². The van der Waals surface area contributed by atoms with Gasteiger partial charge >= 0.3 is 0 Å². The zero-order valence-electron chi connectivity index (χ0n) is 22.0. The first-order valence-corrected chi connectivity index (χ1v) is 12.9. The highest BCUT2D eigenvalue weighted by Crippen LogP contribution is 2.42. The van der Waals surface area contributed by atoms with Gasteiger partial charge in [-0.3, -0.25) is 4.79 Å². The maximum absolute atomic E-state index is 12.9. The SMILES string of the molecule is CCOc1c(/C(C)=C/C(=O)NC2CCCCCC2)cc2c(-c3ccc(OC)c(OC)c3)coc2c1C. The highest BCUT2D eigenvalue weighted by Gasteiger charge is 2.20. The Labute approximate surface area is 213 Å². The Hall–Kier alpha value is -3.41. The summed E-state index contributed by atoms with van der Waals surface area (Å²) in [6, 6.07) is 8.13. The van der Waals surface area contributed by atoms with Crippen molar-refractivity contribution in [2.45, 2.75) is 65.3 Å². The highest BCUT2D eigenvalue weighted by molar-refractivity contribution is 6.02. The second kappa shape index (κ2) is 11.5. The minimum atomic E-state index is -0.0492. The molecule has 0 radical (unpaired) electrons. The van der Waals surface area contributed by atoms with Crippen LogP contribution in [0.1, 0.15) is 63.5 Å². The zero-order valence-corrected chi connectivity index (χ0v) is 22.0. The van der Waals surface area contributed by atoms with Crippen LogP contribution in [0.5, 0.6) is 17.2 Å². The number of methoxy groups -OCH3 is 2. The highest BCUT2D eigenvalue weighted by atomic mass is 16.5. The summed E-state index contributed by atoms with van der Waals surface area (Å²) in [6.45, 7) is 6.44. The fourth-order valence-electron chi connectivity index (χ4n) is 5.11. The van der Waals surface area contributed by atoms with Crippen molar-refractivity contribution in [3.63, 3.8) is 0 Å². The number of carbonyl (C=O) groups is 1. The van der Waals surface area contributed by atoms with Crippen molar-refractivity contribution in [1.29, 1.82) is 0 Å². The number of rotatable bonds is 8. The van der Waals surface area contributed by atoms with Crippen LogP contribution in [-0.4, -0.2) is 32.8 Å². The first kappa shape index (κ1) is 25.7. The lowest BCUT2D eigenvalue weighted by Crippen LogP contribution is -2.33. The van der Waals surface area contributed by atoms with Gasteiger partial charge in [0.2, 0.25) is 5.91 Å². The summed E-state index contributed by atoms with van der Waals surface area (Å²) in [6.07, 6.45) is 10.4. The maximum atomic E-state index is 12.9. The number of fused-ring (bicyclic) bond motifs is 1. The molecule has 0 spiro atoms. The lowest BCUT2D eigenvalue weighted by molar-refractivity contribution is -0.117. The van der Waals surface area contributed by atoms with E-state index in [1.54, 1.807) is 26.6 Å². The standard InChI is InChI=1S/C30H37NO5/c1-6-35-29-20(3)30-24(25(18-36-30)21-13-14-26(33-4)27(16-21)34-5)17-23(29)19(2)15-28(32)31-22-11-9-7-8-10-12-22/h13-18,22H,6-12H2,1-5H3,(H,31,32)/b19-15+. The van der Waals surface area contributed by atoms with Crippen LogP contribution in [0.4, 0.5) is 0 Å². The molecule has 1 aliphatic carbocycles. The maximum Gasteiger partial charge on any atom is 0.244 e. The second-order valence-corrected chi connectivity index (χ2v) is 9.43. The normalized spacial score (nSPS) is 15.0. The van der Waals surface area contributed by atoms with Crippen LogP contribution in [-0.2, 0) is 4.79 Å². The average Bonchev–Trinajstić information content (AvgIpc) is 3.14. The predicted molar refractivity (Wildman–Crippen MR) is 144 cm³/mol. The molecule has 1 amide bonds. The first-order valence-electron chi connectivity index (χ1n) is 12.9. The van der Waals surface area contributed by atoms with Crippen molar-refractivity contribution in [1.82, 2.24) is 5.32 Å². The molecule has 1 N–H and O–H groups in total. The summed E-state index contributed by atoms with van der Waals surface area (Å²) >= 11 is 0. The fourth-order valence-corrected chi connectivity index (χ4v) is 5.11. The van der Waals surface area contributed by atoms with Crippen LogP contribution in [0.2, 0.25) is 0 Å². The van der Waals surface area contributed by atoms with Crippen LogP contribution < -0.4 is 19.5 Å². The first-order chi connectivity index (χ1) is 17.5. The summed E-state index contributed by atoms with van der Waals surface area (Å²) in [5.41, 5.74) is 5.31. The number of aryl methyl sites for hydroxylation is 1. The van der Waals surface area contributed by atoms with E-state index in [0.29, 0.717) is 18.1 Å². The van der Waals surface area contributed by atoms with Crippen molar-refractivity contribution in [3.8, 4) is 28.4 Å². The van der Waals surface area contributed by atoms with Crippen LogP contribution in [0, 0.1) is 6.92 Å². The monoisotopic (exact) mass is 491 g/mol. The van der Waals surface area contributed by atoms with Crippen LogP contribution in [0.3, 0.4) is 0 Å². The van der Waals surface area contributed by atoms with Gasteiger partial charge in [0.1, 0.15) is 11.3 Å². The van der Waals surface area contributed by atoms with Crippen LogP contribution in [0.15, 0.2) is 41.0 Å². The third-order valence-electron chi connectivity index (χ3n) is 7.00. The topological polar surface area (TPSA) is 69.9 Å². The van der Waals surface area contributed by atoms with E-state index in [4.69, 9.17) is 18.6 Å². The fraction of sp³-hybridized carbons (Fsp3) is 0.433. The molecule has 6 nitrogen and oxygen atoms in total. The Bertz CT molecular complexity index is 1250. The number of nitrogens with one attached hydrogen (secondary N) is 1. The molecular weight excluding hydrogens is 454 g/mol. The van der Waals surface area contributed by atoms with Gasteiger partial charge in [-0.1, -0.05) is 31.7 Å². The van der Waals surface area contributed by atoms with Gasteiger partial charge in [0, 0.05) is 34.2 Å². The Morgan fingerprint density at radius 1 is 1.08 bits per heavy atom. The van der Waals surface area contributed by atoms with Crippen molar-refractivity contribution in [2.75, 3.05) is 20.8 Å². The number of ether oxygens (including phenoxy) is 3. The van der Waals surface area contributed by atoms with Crippen LogP contribution in [0.25, 0.3) is 27.7 Å². The molecule has 1 heterocycles. The van der Waals surface area contributed by atoms with Gasteiger partial charge in [0.25, 0.3) is 0 Å². The van der Waals surface area contributed by atoms with Crippen molar-refractivity contribution >= 4 is 22.4 Å². The van der Waals surface area contributed by atoms with Crippen molar-refractivity contribution < 1.29 is 23.4 Å². The molecule has 192 valence electrons. The van der Waals surface area contributed by atoms with Crippen LogP contribution >= 0.6 is 0 Å². The van der Waals surface area contributed by atoms with Gasteiger partial charge in [0.15, 0.2) is 11.5 Å². The van der Waals surface area contributed by atoms with Gasteiger partial charge in [-0.05, 0) is 62.9 Å². The number of allylic oxidation sites excluding steroid dienone is 1. The number of hydrogen-bond donors (Lipinski definition) is 1. The molecule has 6 heteroatoms. The Morgan fingerprint density at radius 3 is 2.47 bits per heavy atom. The molecule has 1 saturated carbocycles. The van der Waals surface area contributed by atoms with Gasteiger partial charge in [-0.25, -0.2) is 0 Å². The quantitative estimate of drug-likeness (QED) is 0.270. The number of amides is 1. The molecule has 0 saturated heterocycles. The van der Waals surface area contributed by atoms with E-state index in [1.165, 1.54) is 25.7 Å². The van der Waals surface area contributed by atoms with E-state index in [2.05, 4.69) is 11.4 Å². The molecule has 2 aromatic carbocycles. The number of benzene rings is 2. The smallest absolute Gasteiger partial charge is 0.244 e. The van der Waals surface area contributed by atoms with Crippen molar-refractivity contribution in [2.24, 2.45) is 0 Å². The van der Waals surface area contributed by atoms with E-state index in [0.717, 1.165) is 57.4 Å². The van der Waals surface area contributed by atoms with Gasteiger partial charge in [-0.2, -0.15) is 0 Å². The largest absolute Gasteiger partial charge is 0.493 e. The lowest BCUT2D eigenvalue weighted by Gasteiger charge is -2.17. The zero-order chi connectivity index (χ0) is 25.7. The minimum Gasteiger partial charge on any atom is -0.493 e. The summed E-state index contributed by atoms with van der Waals surface area (Å²) < 4.78 is 23.0. The van der Waals surface area contributed by atoms with E-state index in [-0.39, 0.29) is 11.9 Å². The summed E-state index contributed by atoms with van der Waals surface area (Å²) in [5.74, 6) is 2.02. The predicted octanol–water partition coefficient (Wildman–Crippen LogP) is 7.07. The van der Waals surface area contributed by atoms with E-state index < -0.39 is 0 Å². The Balaban J connectivity index is 1.74. The molecule has 4 rings (SSSR count). The summed E-state index contributed by atoms with van der Waals surface area (Å²) in [5, 5.41) is 4.17. The second-order valence-electron chi connectivity index (χ2n) is 9.43. The number of furan rings is 1. The molecule has 3 aromatic rings. The molecule has 1 aliphatic rings. The minimum absolute atomic E-state index is 0.0492. The lowest BCUT2D eigenvalue weighted by atomic mass is 9.96. The molecule has 0 bridgehead atoms. The average molecular weight is 492 g/mol. The molecule has 0 unspecified atom stereocenters. The van der Waals surface area contributed by atoms with Crippen molar-refractivity contribution in [3.05, 3.63) is 47.7 Å². The number of hydrogen-bond acceptors (Lipinski definition) is 5. The number of carbonyl (C=O) groups excluding carboxylic acids is 1. The van der Waals surface area contributed by atoms with Gasteiger partial charge < -0.3 is 23.9 Å². The molecule has 0 aliphatic heterocycles. The summed E-state index contributed by atoms with van der Waals surface area (Å²) in [7, 11) is 3.25. The van der Waals surface area contributed by atoms with Gasteiger partial charge in [-0.15, -0.1) is 0 Å².